The number of hydrogen-bond acceptors (Lipinski definition) is 4. The van der Waals surface area contributed by atoms with Gasteiger partial charge < -0.3 is 21.5 Å². The Morgan fingerprint density at radius 2 is 1.74 bits per heavy atom. The lowest BCUT2D eigenvalue weighted by molar-refractivity contribution is -0.127. The standard InChI is InChI=1S/C13H27N3O3/c1-8(2)5-10(17)6-15-11(18)7-16-13(19)12(14)9(3)4/h8-10,12,17H,5-7,14H2,1-4H3,(H,15,18)(H,16,19)/t10?,12-/m0/s1. The van der Waals surface area contributed by atoms with Crippen molar-refractivity contribution < 1.29 is 14.7 Å². The number of aliphatic hydroxyl groups is 1. The van der Waals surface area contributed by atoms with Gasteiger partial charge in [0.05, 0.1) is 18.7 Å². The summed E-state index contributed by atoms with van der Waals surface area (Å²) in [4.78, 5) is 23.0. The molecule has 5 N–H and O–H groups in total. The summed E-state index contributed by atoms with van der Waals surface area (Å²) >= 11 is 0. The number of nitrogens with two attached hydrogens (primary N) is 1. The summed E-state index contributed by atoms with van der Waals surface area (Å²) in [6.45, 7) is 7.76. The van der Waals surface area contributed by atoms with Gasteiger partial charge in [-0.05, 0) is 18.3 Å². The van der Waals surface area contributed by atoms with Gasteiger partial charge in [0.25, 0.3) is 0 Å². The fraction of sp³-hybridized carbons (Fsp3) is 0.846. The van der Waals surface area contributed by atoms with Gasteiger partial charge in [0, 0.05) is 6.54 Å². The number of carbonyl (C=O) groups is 2. The molecule has 0 aromatic rings. The monoisotopic (exact) mass is 273 g/mol. The second-order valence-corrected chi connectivity index (χ2v) is 5.58. The zero-order chi connectivity index (χ0) is 15.0. The fourth-order valence-corrected chi connectivity index (χ4v) is 1.51. The molecule has 0 fully saturated rings. The van der Waals surface area contributed by atoms with Crippen LogP contribution >= 0.6 is 0 Å². The minimum Gasteiger partial charge on any atom is -0.391 e. The van der Waals surface area contributed by atoms with Gasteiger partial charge >= 0.3 is 0 Å². The van der Waals surface area contributed by atoms with Gasteiger partial charge in [0.1, 0.15) is 0 Å². The first-order valence-corrected chi connectivity index (χ1v) is 6.72. The SMILES string of the molecule is CC(C)CC(O)CNC(=O)CNC(=O)[C@@H](N)C(C)C. The summed E-state index contributed by atoms with van der Waals surface area (Å²) in [6.07, 6.45) is 0.0720. The average Bonchev–Trinajstić information content (AvgIpc) is 2.31. The maximum Gasteiger partial charge on any atom is 0.239 e. The van der Waals surface area contributed by atoms with E-state index in [2.05, 4.69) is 10.6 Å². The zero-order valence-electron chi connectivity index (χ0n) is 12.3. The first-order chi connectivity index (χ1) is 8.73. The Hall–Kier alpha value is -1.14. The molecule has 19 heavy (non-hydrogen) atoms. The van der Waals surface area contributed by atoms with Crippen molar-refractivity contribution in [3.63, 3.8) is 0 Å². The maximum absolute atomic E-state index is 11.5. The van der Waals surface area contributed by atoms with E-state index in [1.54, 1.807) is 0 Å². The van der Waals surface area contributed by atoms with Crippen molar-refractivity contribution in [2.45, 2.75) is 46.3 Å². The van der Waals surface area contributed by atoms with Gasteiger partial charge in [-0.25, -0.2) is 0 Å². The van der Waals surface area contributed by atoms with Crippen LogP contribution in [-0.4, -0.2) is 42.2 Å². The van der Waals surface area contributed by atoms with Crippen molar-refractivity contribution >= 4 is 11.8 Å². The first-order valence-electron chi connectivity index (χ1n) is 6.72. The third-order valence-electron chi connectivity index (χ3n) is 2.72. The van der Waals surface area contributed by atoms with Crippen LogP contribution in [0, 0.1) is 11.8 Å². The average molecular weight is 273 g/mol. The number of nitrogens with one attached hydrogen (secondary N) is 2. The molecule has 0 heterocycles. The molecule has 6 nitrogen and oxygen atoms in total. The molecule has 112 valence electrons. The van der Waals surface area contributed by atoms with Crippen LogP contribution in [0.3, 0.4) is 0 Å². The summed E-state index contributed by atoms with van der Waals surface area (Å²) in [5.41, 5.74) is 5.64. The van der Waals surface area contributed by atoms with E-state index in [0.717, 1.165) is 0 Å². The van der Waals surface area contributed by atoms with E-state index in [4.69, 9.17) is 5.73 Å². The van der Waals surface area contributed by atoms with Crippen molar-refractivity contribution in [2.24, 2.45) is 17.6 Å². The molecule has 0 spiro atoms. The molecule has 2 atom stereocenters. The van der Waals surface area contributed by atoms with Gasteiger partial charge in [0.2, 0.25) is 11.8 Å². The number of aliphatic hydroxyl groups excluding tert-OH is 1. The summed E-state index contributed by atoms with van der Waals surface area (Å²) in [5.74, 6) is -0.272. The predicted molar refractivity (Wildman–Crippen MR) is 74.3 cm³/mol. The second kappa shape index (κ2) is 8.87. The minimum absolute atomic E-state index is 0.0240. The van der Waals surface area contributed by atoms with Crippen LogP contribution in [0.4, 0.5) is 0 Å². The van der Waals surface area contributed by atoms with Gasteiger partial charge in [-0.1, -0.05) is 27.7 Å². The van der Waals surface area contributed by atoms with Crippen molar-refractivity contribution in [2.75, 3.05) is 13.1 Å². The molecule has 0 saturated heterocycles. The molecule has 0 aliphatic heterocycles. The highest BCUT2D eigenvalue weighted by Crippen LogP contribution is 2.03. The van der Waals surface area contributed by atoms with Crippen LogP contribution < -0.4 is 16.4 Å². The van der Waals surface area contributed by atoms with Crippen LogP contribution in [0.5, 0.6) is 0 Å². The number of rotatable bonds is 8. The lowest BCUT2D eigenvalue weighted by Gasteiger charge is -2.16. The van der Waals surface area contributed by atoms with E-state index in [1.807, 2.05) is 27.7 Å². The number of hydrogen-bond donors (Lipinski definition) is 4. The zero-order valence-corrected chi connectivity index (χ0v) is 12.3. The molecule has 0 aromatic heterocycles. The van der Waals surface area contributed by atoms with Crippen molar-refractivity contribution in [1.29, 1.82) is 0 Å². The molecule has 1 unspecified atom stereocenters. The van der Waals surface area contributed by atoms with E-state index in [1.165, 1.54) is 0 Å². The Bertz CT molecular complexity index is 293. The topological polar surface area (TPSA) is 104 Å². The molecule has 0 aliphatic carbocycles. The highest BCUT2D eigenvalue weighted by molar-refractivity contribution is 5.87. The van der Waals surface area contributed by atoms with Crippen molar-refractivity contribution in [1.82, 2.24) is 10.6 Å². The van der Waals surface area contributed by atoms with E-state index in [9.17, 15) is 14.7 Å². The molecule has 0 radical (unpaired) electrons. The smallest absolute Gasteiger partial charge is 0.239 e. The Balaban J connectivity index is 3.85. The van der Waals surface area contributed by atoms with Crippen LogP contribution in [0.15, 0.2) is 0 Å². The highest BCUT2D eigenvalue weighted by Gasteiger charge is 2.17. The van der Waals surface area contributed by atoms with Gasteiger partial charge in [-0.15, -0.1) is 0 Å². The summed E-state index contributed by atoms with van der Waals surface area (Å²) in [6, 6.07) is -0.612. The van der Waals surface area contributed by atoms with Crippen LogP contribution in [0.25, 0.3) is 0 Å². The normalized spacial score (nSPS) is 14.3. The Labute approximate surface area is 115 Å². The van der Waals surface area contributed by atoms with Crippen LogP contribution in [0.2, 0.25) is 0 Å². The number of amides is 2. The summed E-state index contributed by atoms with van der Waals surface area (Å²) < 4.78 is 0. The second-order valence-electron chi connectivity index (χ2n) is 5.58. The lowest BCUT2D eigenvalue weighted by Crippen LogP contribution is -2.47. The van der Waals surface area contributed by atoms with E-state index in [0.29, 0.717) is 12.3 Å². The number of carbonyl (C=O) groups excluding carboxylic acids is 2. The van der Waals surface area contributed by atoms with Crippen LogP contribution in [0.1, 0.15) is 34.1 Å². The molecular formula is C13H27N3O3. The third-order valence-corrected chi connectivity index (χ3v) is 2.72. The lowest BCUT2D eigenvalue weighted by atomic mass is 10.1. The molecule has 0 aromatic carbocycles. The quantitative estimate of drug-likeness (QED) is 0.483. The fourth-order valence-electron chi connectivity index (χ4n) is 1.51. The predicted octanol–water partition coefficient (Wildman–Crippen LogP) is -0.391. The Morgan fingerprint density at radius 1 is 1.16 bits per heavy atom. The van der Waals surface area contributed by atoms with Crippen molar-refractivity contribution in [3.05, 3.63) is 0 Å². The molecule has 0 aliphatic rings. The molecular weight excluding hydrogens is 246 g/mol. The summed E-state index contributed by atoms with van der Waals surface area (Å²) in [5, 5.41) is 14.6. The minimum atomic E-state index is -0.612. The van der Waals surface area contributed by atoms with Gasteiger partial charge in [-0.2, -0.15) is 0 Å². The Morgan fingerprint density at radius 3 is 2.21 bits per heavy atom. The molecule has 2 amide bonds. The molecule has 0 bridgehead atoms. The Kier molecular flexibility index (Phi) is 8.34. The van der Waals surface area contributed by atoms with E-state index in [-0.39, 0.29) is 30.8 Å². The summed E-state index contributed by atoms with van der Waals surface area (Å²) in [7, 11) is 0. The van der Waals surface area contributed by atoms with Crippen LogP contribution in [-0.2, 0) is 9.59 Å². The van der Waals surface area contributed by atoms with Crippen molar-refractivity contribution in [3.8, 4) is 0 Å². The first kappa shape index (κ1) is 17.9. The van der Waals surface area contributed by atoms with E-state index < -0.39 is 12.1 Å². The highest BCUT2D eigenvalue weighted by atomic mass is 16.3. The molecule has 0 rings (SSSR count). The largest absolute Gasteiger partial charge is 0.391 e. The van der Waals surface area contributed by atoms with Gasteiger partial charge in [0.15, 0.2) is 0 Å². The van der Waals surface area contributed by atoms with Gasteiger partial charge in [-0.3, -0.25) is 9.59 Å². The molecule has 6 heteroatoms. The van der Waals surface area contributed by atoms with E-state index >= 15 is 0 Å². The third kappa shape index (κ3) is 8.56. The maximum atomic E-state index is 11.5. The molecule has 0 saturated carbocycles.